The van der Waals surface area contributed by atoms with E-state index in [4.69, 9.17) is 6.42 Å². The molecule has 1 atom stereocenters. The van der Waals surface area contributed by atoms with Crippen LogP contribution in [0, 0.1) is 18.3 Å². The highest BCUT2D eigenvalue weighted by molar-refractivity contribution is 5.94. The number of aromatic nitrogens is 1. The van der Waals surface area contributed by atoms with Crippen LogP contribution in [-0.4, -0.2) is 10.9 Å². The number of carbonyl (C=O) groups is 1. The second-order valence-electron chi connectivity index (χ2n) is 5.67. The van der Waals surface area contributed by atoms with Crippen molar-refractivity contribution in [1.82, 2.24) is 10.3 Å². The SMILES string of the molecule is C#Cc1cncc(C(=O)N[C@@H](CC(C)C)c2ccccc2)c1. The van der Waals surface area contributed by atoms with Crippen molar-refractivity contribution in [2.24, 2.45) is 5.92 Å². The van der Waals surface area contributed by atoms with Crippen molar-refractivity contribution in [3.63, 3.8) is 0 Å². The molecule has 3 nitrogen and oxygen atoms in total. The summed E-state index contributed by atoms with van der Waals surface area (Å²) in [6.07, 6.45) is 9.33. The molecule has 0 saturated heterocycles. The molecule has 1 aromatic heterocycles. The second-order valence-corrected chi connectivity index (χ2v) is 5.67. The second kappa shape index (κ2) is 7.42. The molecule has 0 bridgehead atoms. The van der Waals surface area contributed by atoms with Crippen molar-refractivity contribution in [2.75, 3.05) is 0 Å². The van der Waals surface area contributed by atoms with Gasteiger partial charge in [-0.2, -0.15) is 0 Å². The Hall–Kier alpha value is -2.60. The molecule has 0 aliphatic heterocycles. The summed E-state index contributed by atoms with van der Waals surface area (Å²) in [5.41, 5.74) is 2.19. The molecule has 3 heteroatoms. The average molecular weight is 292 g/mol. The lowest BCUT2D eigenvalue weighted by Crippen LogP contribution is -2.29. The molecule has 1 N–H and O–H groups in total. The number of nitrogens with one attached hydrogen (secondary N) is 1. The fourth-order valence-corrected chi connectivity index (χ4v) is 2.32. The molecule has 0 spiro atoms. The maximum absolute atomic E-state index is 12.5. The predicted octanol–water partition coefficient (Wildman–Crippen LogP) is 3.58. The molecule has 0 unspecified atom stereocenters. The van der Waals surface area contributed by atoms with Gasteiger partial charge in [0.15, 0.2) is 0 Å². The van der Waals surface area contributed by atoms with E-state index >= 15 is 0 Å². The third-order valence-corrected chi connectivity index (χ3v) is 3.38. The van der Waals surface area contributed by atoms with Crippen molar-refractivity contribution in [1.29, 1.82) is 0 Å². The molecule has 1 aromatic carbocycles. The van der Waals surface area contributed by atoms with Gasteiger partial charge in [-0.3, -0.25) is 9.78 Å². The lowest BCUT2D eigenvalue weighted by molar-refractivity contribution is 0.0931. The van der Waals surface area contributed by atoms with Gasteiger partial charge in [0, 0.05) is 18.0 Å². The number of rotatable bonds is 5. The predicted molar refractivity (Wildman–Crippen MR) is 88.3 cm³/mol. The maximum atomic E-state index is 12.5. The lowest BCUT2D eigenvalue weighted by Gasteiger charge is -2.21. The fourth-order valence-electron chi connectivity index (χ4n) is 2.32. The summed E-state index contributed by atoms with van der Waals surface area (Å²) in [5, 5.41) is 3.08. The standard InChI is InChI=1S/C19H20N2O/c1-4-15-11-17(13-20-12-15)19(22)21-18(10-14(2)3)16-8-6-5-7-9-16/h1,5-9,11-14,18H,10H2,2-3H3,(H,21,22)/t18-/m0/s1. The zero-order valence-corrected chi connectivity index (χ0v) is 12.9. The lowest BCUT2D eigenvalue weighted by atomic mass is 9.96. The molecule has 22 heavy (non-hydrogen) atoms. The minimum atomic E-state index is -0.154. The van der Waals surface area contributed by atoms with Crippen molar-refractivity contribution >= 4 is 5.91 Å². The monoisotopic (exact) mass is 292 g/mol. The van der Waals surface area contributed by atoms with E-state index in [1.807, 2.05) is 30.3 Å². The molecule has 0 aliphatic carbocycles. The minimum absolute atomic E-state index is 0.0248. The van der Waals surface area contributed by atoms with Crippen LogP contribution in [0.1, 0.15) is 47.8 Å². The Kier molecular flexibility index (Phi) is 5.32. The van der Waals surface area contributed by atoms with Crippen molar-refractivity contribution in [3.8, 4) is 12.3 Å². The Bertz CT molecular complexity index is 671. The number of carbonyl (C=O) groups excluding carboxylic acids is 1. The van der Waals surface area contributed by atoms with E-state index < -0.39 is 0 Å². The maximum Gasteiger partial charge on any atom is 0.253 e. The topological polar surface area (TPSA) is 42.0 Å². The van der Waals surface area contributed by atoms with Gasteiger partial charge in [0.05, 0.1) is 11.6 Å². The number of hydrogen-bond acceptors (Lipinski definition) is 2. The van der Waals surface area contributed by atoms with Gasteiger partial charge in [-0.25, -0.2) is 0 Å². The first kappa shape index (κ1) is 15.8. The Balaban J connectivity index is 2.19. The molecular weight excluding hydrogens is 272 g/mol. The van der Waals surface area contributed by atoms with Gasteiger partial charge >= 0.3 is 0 Å². The van der Waals surface area contributed by atoms with Crippen LogP contribution in [0.3, 0.4) is 0 Å². The molecule has 1 amide bonds. The Morgan fingerprint density at radius 2 is 2.00 bits per heavy atom. The number of nitrogens with zero attached hydrogens (tertiary/aromatic N) is 1. The summed E-state index contributed by atoms with van der Waals surface area (Å²) in [7, 11) is 0. The van der Waals surface area contributed by atoms with E-state index in [2.05, 4.69) is 30.1 Å². The molecule has 0 aliphatic rings. The molecule has 2 aromatic rings. The largest absolute Gasteiger partial charge is 0.345 e. The molecule has 1 heterocycles. The van der Waals surface area contributed by atoms with Crippen LogP contribution in [0.2, 0.25) is 0 Å². The number of amides is 1. The number of hydrogen-bond donors (Lipinski definition) is 1. The molecule has 112 valence electrons. The van der Waals surface area contributed by atoms with Crippen molar-refractivity contribution in [2.45, 2.75) is 26.3 Å². The zero-order chi connectivity index (χ0) is 15.9. The molecular formula is C19H20N2O. The molecule has 0 fully saturated rings. The van der Waals surface area contributed by atoms with E-state index in [0.29, 0.717) is 17.0 Å². The Morgan fingerprint density at radius 3 is 2.64 bits per heavy atom. The van der Waals surface area contributed by atoms with Crippen LogP contribution in [-0.2, 0) is 0 Å². The Morgan fingerprint density at radius 1 is 1.27 bits per heavy atom. The smallest absolute Gasteiger partial charge is 0.253 e. The van der Waals surface area contributed by atoms with Crippen LogP contribution in [0.5, 0.6) is 0 Å². The van der Waals surface area contributed by atoms with E-state index in [1.165, 1.54) is 6.20 Å². The normalized spacial score (nSPS) is 11.7. The van der Waals surface area contributed by atoms with Crippen LogP contribution in [0.4, 0.5) is 0 Å². The third kappa shape index (κ3) is 4.20. The quantitative estimate of drug-likeness (QED) is 0.856. The summed E-state index contributed by atoms with van der Waals surface area (Å²) in [6.45, 7) is 4.28. The summed E-state index contributed by atoms with van der Waals surface area (Å²) >= 11 is 0. The van der Waals surface area contributed by atoms with Crippen LogP contribution < -0.4 is 5.32 Å². The van der Waals surface area contributed by atoms with E-state index in [-0.39, 0.29) is 11.9 Å². The van der Waals surface area contributed by atoms with E-state index in [0.717, 1.165) is 12.0 Å². The van der Waals surface area contributed by atoms with E-state index in [9.17, 15) is 4.79 Å². The highest BCUT2D eigenvalue weighted by atomic mass is 16.1. The molecule has 0 radical (unpaired) electrons. The first-order valence-electron chi connectivity index (χ1n) is 7.37. The van der Waals surface area contributed by atoms with Gasteiger partial charge in [0.2, 0.25) is 0 Å². The van der Waals surface area contributed by atoms with Crippen LogP contribution in [0.25, 0.3) is 0 Å². The van der Waals surface area contributed by atoms with Gasteiger partial charge in [-0.15, -0.1) is 6.42 Å². The minimum Gasteiger partial charge on any atom is -0.345 e. The molecule has 2 rings (SSSR count). The van der Waals surface area contributed by atoms with Gasteiger partial charge < -0.3 is 5.32 Å². The number of pyridine rings is 1. The van der Waals surface area contributed by atoms with Crippen molar-refractivity contribution < 1.29 is 4.79 Å². The molecule has 0 saturated carbocycles. The number of benzene rings is 1. The Labute approximate surface area is 131 Å². The summed E-state index contributed by atoms with van der Waals surface area (Å²) in [5.74, 6) is 2.82. The number of terminal acetylenes is 1. The zero-order valence-electron chi connectivity index (χ0n) is 12.9. The third-order valence-electron chi connectivity index (χ3n) is 3.38. The average Bonchev–Trinajstić information content (AvgIpc) is 2.54. The van der Waals surface area contributed by atoms with Crippen LogP contribution in [0.15, 0.2) is 48.8 Å². The van der Waals surface area contributed by atoms with E-state index in [1.54, 1.807) is 12.3 Å². The van der Waals surface area contributed by atoms with Gasteiger partial charge in [-0.05, 0) is 24.0 Å². The summed E-state index contributed by atoms with van der Waals surface area (Å²) in [6, 6.07) is 11.7. The highest BCUT2D eigenvalue weighted by Crippen LogP contribution is 2.21. The van der Waals surface area contributed by atoms with Crippen LogP contribution >= 0.6 is 0 Å². The summed E-state index contributed by atoms with van der Waals surface area (Å²) in [4.78, 5) is 16.5. The highest BCUT2D eigenvalue weighted by Gasteiger charge is 2.17. The van der Waals surface area contributed by atoms with Gasteiger partial charge in [0.1, 0.15) is 0 Å². The first-order valence-corrected chi connectivity index (χ1v) is 7.37. The summed E-state index contributed by atoms with van der Waals surface area (Å²) < 4.78 is 0. The fraction of sp³-hybridized carbons (Fsp3) is 0.263. The van der Waals surface area contributed by atoms with Gasteiger partial charge in [0.25, 0.3) is 5.91 Å². The van der Waals surface area contributed by atoms with Crippen molar-refractivity contribution in [3.05, 3.63) is 65.5 Å². The van der Waals surface area contributed by atoms with Gasteiger partial charge in [-0.1, -0.05) is 50.1 Å². The first-order chi connectivity index (χ1) is 10.6.